The number of nitrogens with one attached hydrogen (secondary N) is 1. The fourth-order valence-corrected chi connectivity index (χ4v) is 2.02. The summed E-state index contributed by atoms with van der Waals surface area (Å²) in [6.07, 6.45) is 3.87. The first-order valence-corrected chi connectivity index (χ1v) is 7.59. The molecule has 21 heavy (non-hydrogen) atoms. The van der Waals surface area contributed by atoms with Crippen LogP contribution in [-0.2, 0) is 13.0 Å². The summed E-state index contributed by atoms with van der Waals surface area (Å²) in [5.74, 6) is 0.844. The highest BCUT2D eigenvalue weighted by atomic mass is 16.5. The lowest BCUT2D eigenvalue weighted by Gasteiger charge is -2.09. The molecular formula is C18H24N2O. The second-order valence-corrected chi connectivity index (χ2v) is 5.46. The highest BCUT2D eigenvalue weighted by Crippen LogP contribution is 2.10. The molecule has 0 saturated carbocycles. The molecule has 0 aliphatic heterocycles. The molecule has 0 atom stereocenters. The minimum absolute atomic E-state index is 0.473. The molecule has 0 saturated heterocycles. The summed E-state index contributed by atoms with van der Waals surface area (Å²) in [7, 11) is 0. The van der Waals surface area contributed by atoms with Crippen LogP contribution in [0.3, 0.4) is 0 Å². The van der Waals surface area contributed by atoms with Crippen molar-refractivity contribution < 1.29 is 4.74 Å². The van der Waals surface area contributed by atoms with Gasteiger partial charge in [0.25, 0.3) is 0 Å². The summed E-state index contributed by atoms with van der Waals surface area (Å²) in [5.41, 5.74) is 2.40. The number of nitrogens with zero attached hydrogens (tertiary/aromatic N) is 1. The third-order valence-electron chi connectivity index (χ3n) is 3.21. The Balaban J connectivity index is 1.69. The molecule has 0 radical (unpaired) electrons. The van der Waals surface area contributed by atoms with Crippen LogP contribution in [0.1, 0.15) is 31.5 Å². The number of aryl methyl sites for hydroxylation is 1. The molecule has 3 nitrogen and oxygen atoms in total. The Morgan fingerprint density at radius 2 is 1.90 bits per heavy atom. The fraction of sp³-hybridized carbons (Fsp3) is 0.389. The van der Waals surface area contributed by atoms with Gasteiger partial charge in [0, 0.05) is 12.6 Å². The summed E-state index contributed by atoms with van der Waals surface area (Å²) in [5, 5.41) is 3.35. The number of ether oxygens (including phenoxy) is 1. The third-order valence-corrected chi connectivity index (χ3v) is 3.21. The van der Waals surface area contributed by atoms with Gasteiger partial charge in [-0.15, -0.1) is 0 Å². The van der Waals surface area contributed by atoms with Gasteiger partial charge < -0.3 is 10.1 Å². The molecule has 0 aliphatic rings. The lowest BCUT2D eigenvalue weighted by atomic mass is 10.1. The normalized spacial score (nSPS) is 10.8. The van der Waals surface area contributed by atoms with Crippen LogP contribution in [-0.4, -0.2) is 17.6 Å². The van der Waals surface area contributed by atoms with Crippen molar-refractivity contribution >= 4 is 0 Å². The van der Waals surface area contributed by atoms with E-state index in [1.54, 1.807) is 6.20 Å². The van der Waals surface area contributed by atoms with E-state index in [-0.39, 0.29) is 0 Å². The van der Waals surface area contributed by atoms with Crippen LogP contribution in [0.25, 0.3) is 0 Å². The van der Waals surface area contributed by atoms with Gasteiger partial charge in [-0.3, -0.25) is 4.98 Å². The average molecular weight is 284 g/mol. The van der Waals surface area contributed by atoms with Crippen molar-refractivity contribution in [2.24, 2.45) is 0 Å². The van der Waals surface area contributed by atoms with E-state index in [4.69, 9.17) is 4.74 Å². The van der Waals surface area contributed by atoms with E-state index in [1.807, 2.05) is 18.2 Å². The summed E-state index contributed by atoms with van der Waals surface area (Å²) in [6, 6.07) is 15.0. The monoisotopic (exact) mass is 284 g/mol. The molecule has 3 heteroatoms. The van der Waals surface area contributed by atoms with Gasteiger partial charge in [0.2, 0.25) is 0 Å². The summed E-state index contributed by atoms with van der Waals surface area (Å²) in [6.45, 7) is 5.78. The van der Waals surface area contributed by atoms with Crippen molar-refractivity contribution in [3.63, 3.8) is 0 Å². The Hall–Kier alpha value is -1.87. The Labute approximate surface area is 127 Å². The third kappa shape index (κ3) is 5.96. The number of hydrogen-bond donors (Lipinski definition) is 1. The number of rotatable bonds is 8. The maximum atomic E-state index is 5.73. The van der Waals surface area contributed by atoms with Gasteiger partial charge in [-0.05, 0) is 30.5 Å². The van der Waals surface area contributed by atoms with Gasteiger partial charge in [0.15, 0.2) is 0 Å². The molecule has 2 aromatic rings. The standard InChI is InChI=1S/C18H24N2O/c1-15(2)19-13-17-10-11-18(14-20-17)21-12-6-9-16-7-4-3-5-8-16/h3-5,7-8,10-11,14-15,19H,6,9,12-13H2,1-2H3. The van der Waals surface area contributed by atoms with E-state index >= 15 is 0 Å². The van der Waals surface area contributed by atoms with Crippen molar-refractivity contribution in [3.05, 3.63) is 59.9 Å². The van der Waals surface area contributed by atoms with Gasteiger partial charge >= 0.3 is 0 Å². The molecule has 0 amide bonds. The van der Waals surface area contributed by atoms with E-state index < -0.39 is 0 Å². The fourth-order valence-electron chi connectivity index (χ4n) is 2.02. The zero-order chi connectivity index (χ0) is 14.9. The molecular weight excluding hydrogens is 260 g/mol. The molecule has 112 valence electrons. The molecule has 2 rings (SSSR count). The number of pyridine rings is 1. The van der Waals surface area contributed by atoms with Gasteiger partial charge in [-0.2, -0.15) is 0 Å². The van der Waals surface area contributed by atoms with E-state index in [0.717, 1.165) is 37.4 Å². The summed E-state index contributed by atoms with van der Waals surface area (Å²) < 4.78 is 5.73. The van der Waals surface area contributed by atoms with Crippen LogP contribution in [0.2, 0.25) is 0 Å². The maximum Gasteiger partial charge on any atom is 0.137 e. The second-order valence-electron chi connectivity index (χ2n) is 5.46. The van der Waals surface area contributed by atoms with E-state index in [1.165, 1.54) is 5.56 Å². The molecule has 0 unspecified atom stereocenters. The Morgan fingerprint density at radius 3 is 2.57 bits per heavy atom. The van der Waals surface area contributed by atoms with E-state index in [0.29, 0.717) is 6.04 Å². The highest BCUT2D eigenvalue weighted by Gasteiger charge is 1.99. The minimum atomic E-state index is 0.473. The number of aromatic nitrogens is 1. The topological polar surface area (TPSA) is 34.1 Å². The van der Waals surface area contributed by atoms with Crippen LogP contribution in [0, 0.1) is 0 Å². The molecule has 0 bridgehead atoms. The largest absolute Gasteiger partial charge is 0.492 e. The Bertz CT molecular complexity index is 509. The van der Waals surface area contributed by atoms with Crippen LogP contribution in [0.15, 0.2) is 48.7 Å². The first-order valence-electron chi connectivity index (χ1n) is 7.59. The molecule has 0 fully saturated rings. The maximum absolute atomic E-state index is 5.73. The lowest BCUT2D eigenvalue weighted by molar-refractivity contribution is 0.309. The number of benzene rings is 1. The molecule has 0 aliphatic carbocycles. The van der Waals surface area contributed by atoms with Crippen molar-refractivity contribution in [2.45, 2.75) is 39.3 Å². The SMILES string of the molecule is CC(C)NCc1ccc(OCCCc2ccccc2)cn1. The van der Waals surface area contributed by atoms with Crippen LogP contribution >= 0.6 is 0 Å². The van der Waals surface area contributed by atoms with Crippen molar-refractivity contribution in [1.82, 2.24) is 10.3 Å². The molecule has 1 heterocycles. The predicted octanol–water partition coefficient (Wildman–Crippen LogP) is 3.59. The first kappa shape index (κ1) is 15.5. The summed E-state index contributed by atoms with van der Waals surface area (Å²) >= 11 is 0. The molecule has 1 N–H and O–H groups in total. The van der Waals surface area contributed by atoms with Crippen LogP contribution in [0.4, 0.5) is 0 Å². The predicted molar refractivity (Wildman–Crippen MR) is 86.5 cm³/mol. The second kappa shape index (κ2) is 8.42. The quantitative estimate of drug-likeness (QED) is 0.752. The smallest absolute Gasteiger partial charge is 0.137 e. The van der Waals surface area contributed by atoms with E-state index in [2.05, 4.69) is 48.4 Å². The summed E-state index contributed by atoms with van der Waals surface area (Å²) in [4.78, 5) is 4.40. The Kier molecular flexibility index (Phi) is 6.22. The van der Waals surface area contributed by atoms with Gasteiger partial charge in [0.1, 0.15) is 5.75 Å². The van der Waals surface area contributed by atoms with Crippen LogP contribution in [0.5, 0.6) is 5.75 Å². The Morgan fingerprint density at radius 1 is 1.10 bits per heavy atom. The molecule has 1 aromatic heterocycles. The zero-order valence-electron chi connectivity index (χ0n) is 12.9. The van der Waals surface area contributed by atoms with Gasteiger partial charge in [-0.25, -0.2) is 0 Å². The van der Waals surface area contributed by atoms with Crippen molar-refractivity contribution in [3.8, 4) is 5.75 Å². The van der Waals surface area contributed by atoms with Gasteiger partial charge in [-0.1, -0.05) is 44.2 Å². The molecule has 1 aromatic carbocycles. The molecule has 0 spiro atoms. The number of hydrogen-bond acceptors (Lipinski definition) is 3. The highest BCUT2D eigenvalue weighted by molar-refractivity contribution is 5.20. The van der Waals surface area contributed by atoms with Crippen molar-refractivity contribution in [1.29, 1.82) is 0 Å². The zero-order valence-corrected chi connectivity index (χ0v) is 12.9. The van der Waals surface area contributed by atoms with Gasteiger partial charge in [0.05, 0.1) is 18.5 Å². The van der Waals surface area contributed by atoms with Crippen LogP contribution < -0.4 is 10.1 Å². The van der Waals surface area contributed by atoms with E-state index in [9.17, 15) is 0 Å². The average Bonchev–Trinajstić information content (AvgIpc) is 2.52. The first-order chi connectivity index (χ1) is 10.2. The van der Waals surface area contributed by atoms with Crippen molar-refractivity contribution in [2.75, 3.05) is 6.61 Å². The minimum Gasteiger partial charge on any atom is -0.492 e. The lowest BCUT2D eigenvalue weighted by Crippen LogP contribution is -2.22.